The maximum absolute atomic E-state index is 11.7. The molecule has 3 rings (SSSR count). The van der Waals surface area contributed by atoms with Crippen molar-refractivity contribution in [3.63, 3.8) is 0 Å². The Labute approximate surface area is 163 Å². The fourth-order valence-corrected chi connectivity index (χ4v) is 3.89. The number of benzene rings is 2. The summed E-state index contributed by atoms with van der Waals surface area (Å²) < 4.78 is 13.3. The van der Waals surface area contributed by atoms with Gasteiger partial charge in [-0.3, -0.25) is 0 Å². The normalized spacial score (nSPS) is 14.6. The molecule has 1 heterocycles. The summed E-state index contributed by atoms with van der Waals surface area (Å²) >= 11 is 10.6. The SMILES string of the molecule is O=C(O)N(Cc1cccc(Cl)c1)Sc1ccc(Br)cc1C1OCCO1. The van der Waals surface area contributed by atoms with Gasteiger partial charge in [0.1, 0.15) is 0 Å². The van der Waals surface area contributed by atoms with Gasteiger partial charge in [-0.05, 0) is 47.8 Å². The van der Waals surface area contributed by atoms with E-state index in [1.165, 1.54) is 4.31 Å². The van der Waals surface area contributed by atoms with E-state index in [1.807, 2.05) is 24.3 Å². The van der Waals surface area contributed by atoms with E-state index in [2.05, 4.69) is 15.9 Å². The van der Waals surface area contributed by atoms with Crippen LogP contribution in [0.1, 0.15) is 17.4 Å². The van der Waals surface area contributed by atoms with Crippen molar-refractivity contribution in [3.05, 3.63) is 63.1 Å². The maximum atomic E-state index is 11.7. The minimum atomic E-state index is -1.04. The van der Waals surface area contributed by atoms with Crippen LogP contribution in [0.3, 0.4) is 0 Å². The van der Waals surface area contributed by atoms with E-state index in [9.17, 15) is 9.90 Å². The number of carboxylic acid groups (broad SMARTS) is 1. The Kier molecular flexibility index (Phi) is 6.24. The molecule has 1 aliphatic heterocycles. The lowest BCUT2D eigenvalue weighted by Crippen LogP contribution is -2.22. The third-order valence-electron chi connectivity index (χ3n) is 3.48. The lowest BCUT2D eigenvalue weighted by molar-refractivity contribution is -0.0461. The van der Waals surface area contributed by atoms with Gasteiger partial charge in [0.2, 0.25) is 0 Å². The summed E-state index contributed by atoms with van der Waals surface area (Å²) in [4.78, 5) is 12.5. The number of ether oxygens (including phenoxy) is 2. The molecule has 2 aromatic carbocycles. The summed E-state index contributed by atoms with van der Waals surface area (Å²) in [7, 11) is 0. The Morgan fingerprint density at radius 2 is 2.04 bits per heavy atom. The molecule has 1 saturated heterocycles. The Morgan fingerprint density at radius 1 is 1.28 bits per heavy atom. The highest BCUT2D eigenvalue weighted by Gasteiger charge is 2.24. The first-order valence-electron chi connectivity index (χ1n) is 7.48. The van der Waals surface area contributed by atoms with E-state index in [0.29, 0.717) is 18.2 Å². The largest absolute Gasteiger partial charge is 0.464 e. The number of halogens is 2. The summed E-state index contributed by atoms with van der Waals surface area (Å²) in [6.07, 6.45) is -1.52. The van der Waals surface area contributed by atoms with Crippen LogP contribution in [0.15, 0.2) is 51.8 Å². The van der Waals surface area contributed by atoms with Crippen molar-refractivity contribution >= 4 is 45.6 Å². The van der Waals surface area contributed by atoms with E-state index in [-0.39, 0.29) is 6.54 Å². The molecule has 2 aromatic rings. The third-order valence-corrected chi connectivity index (χ3v) is 5.29. The Hall–Kier alpha value is -1.25. The fourth-order valence-electron chi connectivity index (χ4n) is 2.38. The van der Waals surface area contributed by atoms with Crippen molar-refractivity contribution in [1.29, 1.82) is 0 Å². The molecular formula is C17H15BrClNO4S. The molecule has 1 aliphatic rings. The highest BCUT2D eigenvalue weighted by atomic mass is 79.9. The number of amides is 1. The summed E-state index contributed by atoms with van der Waals surface area (Å²) in [6.45, 7) is 1.25. The molecule has 0 unspecified atom stereocenters. The van der Waals surface area contributed by atoms with Crippen LogP contribution in [0.5, 0.6) is 0 Å². The molecule has 1 N–H and O–H groups in total. The van der Waals surface area contributed by atoms with Crippen LogP contribution >= 0.6 is 39.5 Å². The monoisotopic (exact) mass is 443 g/mol. The molecule has 1 fully saturated rings. The van der Waals surface area contributed by atoms with Gasteiger partial charge in [-0.15, -0.1) is 0 Å². The average molecular weight is 445 g/mol. The van der Waals surface area contributed by atoms with Crippen LogP contribution in [-0.4, -0.2) is 28.7 Å². The van der Waals surface area contributed by atoms with Gasteiger partial charge in [-0.2, -0.15) is 0 Å². The first kappa shape index (κ1) is 18.5. The van der Waals surface area contributed by atoms with Crippen LogP contribution in [-0.2, 0) is 16.0 Å². The Balaban J connectivity index is 1.83. The second kappa shape index (κ2) is 8.42. The number of rotatable bonds is 5. The third kappa shape index (κ3) is 4.89. The zero-order chi connectivity index (χ0) is 17.8. The lowest BCUT2D eigenvalue weighted by atomic mass is 10.2. The fraction of sp³-hybridized carbons (Fsp3) is 0.235. The molecule has 25 heavy (non-hydrogen) atoms. The van der Waals surface area contributed by atoms with Crippen LogP contribution < -0.4 is 0 Å². The molecule has 0 spiro atoms. The van der Waals surface area contributed by atoms with Crippen molar-refractivity contribution in [1.82, 2.24) is 4.31 Å². The van der Waals surface area contributed by atoms with Gasteiger partial charge in [0, 0.05) is 20.0 Å². The smallest absolute Gasteiger partial charge is 0.418 e. The number of nitrogens with zero attached hydrogens (tertiary/aromatic N) is 1. The van der Waals surface area contributed by atoms with Gasteiger partial charge in [-0.1, -0.05) is 39.7 Å². The first-order valence-corrected chi connectivity index (χ1v) is 9.43. The Morgan fingerprint density at radius 3 is 2.72 bits per heavy atom. The van der Waals surface area contributed by atoms with E-state index in [0.717, 1.165) is 32.4 Å². The van der Waals surface area contributed by atoms with Gasteiger partial charge in [-0.25, -0.2) is 9.10 Å². The zero-order valence-corrected chi connectivity index (χ0v) is 16.2. The van der Waals surface area contributed by atoms with Crippen molar-refractivity contribution in [2.24, 2.45) is 0 Å². The van der Waals surface area contributed by atoms with E-state index in [4.69, 9.17) is 21.1 Å². The molecule has 0 saturated carbocycles. The first-order chi connectivity index (χ1) is 12.0. The predicted octanol–water partition coefficient (Wildman–Crippen LogP) is 5.34. The van der Waals surface area contributed by atoms with Crippen LogP contribution in [0, 0.1) is 0 Å². The summed E-state index contributed by atoms with van der Waals surface area (Å²) in [6, 6.07) is 12.7. The molecule has 5 nitrogen and oxygen atoms in total. The van der Waals surface area contributed by atoms with Crippen LogP contribution in [0.2, 0.25) is 5.02 Å². The molecule has 8 heteroatoms. The highest BCUT2D eigenvalue weighted by Crippen LogP contribution is 2.36. The Bertz CT molecular complexity index is 770. The lowest BCUT2D eigenvalue weighted by Gasteiger charge is -2.21. The van der Waals surface area contributed by atoms with Gasteiger partial charge < -0.3 is 14.6 Å². The van der Waals surface area contributed by atoms with Crippen molar-refractivity contribution in [3.8, 4) is 0 Å². The molecule has 0 aliphatic carbocycles. The molecular weight excluding hydrogens is 430 g/mol. The minimum Gasteiger partial charge on any atom is -0.464 e. The van der Waals surface area contributed by atoms with Gasteiger partial charge in [0.05, 0.1) is 19.8 Å². The molecule has 0 bridgehead atoms. The number of carbonyl (C=O) groups is 1. The number of hydrogen-bond donors (Lipinski definition) is 1. The standard InChI is InChI=1S/C17H15BrClNO4S/c18-12-4-5-15(14(9-12)16-23-6-7-24-16)25-20(17(21)22)10-11-2-1-3-13(19)8-11/h1-5,8-9,16H,6-7,10H2,(H,21,22). The summed E-state index contributed by atoms with van der Waals surface area (Å²) in [5, 5.41) is 10.2. The second-order valence-corrected chi connectivity index (χ2v) is 7.71. The predicted molar refractivity (Wildman–Crippen MR) is 99.7 cm³/mol. The summed E-state index contributed by atoms with van der Waals surface area (Å²) in [5.74, 6) is 0. The van der Waals surface area contributed by atoms with Gasteiger partial charge in [0.15, 0.2) is 6.29 Å². The topological polar surface area (TPSA) is 59.0 Å². The van der Waals surface area contributed by atoms with Crippen LogP contribution in [0.25, 0.3) is 0 Å². The zero-order valence-electron chi connectivity index (χ0n) is 13.0. The van der Waals surface area contributed by atoms with Gasteiger partial charge >= 0.3 is 6.09 Å². The van der Waals surface area contributed by atoms with Crippen LogP contribution in [0.4, 0.5) is 4.79 Å². The van der Waals surface area contributed by atoms with Crippen molar-refractivity contribution < 1.29 is 19.4 Å². The van der Waals surface area contributed by atoms with Crippen molar-refractivity contribution in [2.75, 3.05) is 13.2 Å². The second-order valence-electron chi connectivity index (χ2n) is 5.30. The minimum absolute atomic E-state index is 0.211. The van der Waals surface area contributed by atoms with Gasteiger partial charge in [0.25, 0.3) is 0 Å². The summed E-state index contributed by atoms with van der Waals surface area (Å²) in [5.41, 5.74) is 1.61. The van der Waals surface area contributed by atoms with E-state index in [1.54, 1.807) is 18.2 Å². The highest BCUT2D eigenvalue weighted by molar-refractivity contribution is 9.10. The van der Waals surface area contributed by atoms with E-state index < -0.39 is 12.4 Å². The van der Waals surface area contributed by atoms with Crippen molar-refractivity contribution in [2.45, 2.75) is 17.7 Å². The van der Waals surface area contributed by atoms with E-state index >= 15 is 0 Å². The molecule has 0 radical (unpaired) electrons. The molecule has 132 valence electrons. The maximum Gasteiger partial charge on any atom is 0.418 e. The molecule has 1 amide bonds. The average Bonchev–Trinajstić information content (AvgIpc) is 3.10. The molecule has 0 atom stereocenters. The molecule has 0 aromatic heterocycles. The number of hydrogen-bond acceptors (Lipinski definition) is 4. The quantitative estimate of drug-likeness (QED) is 0.631.